The Labute approximate surface area is 114 Å². The number of methoxy groups -OCH3 is 2. The smallest absolute Gasteiger partial charge is 0.160 e. The van der Waals surface area contributed by atoms with Crippen LogP contribution in [0.2, 0.25) is 0 Å². The molecule has 2 atom stereocenters. The van der Waals surface area contributed by atoms with E-state index in [1.807, 2.05) is 6.07 Å². The summed E-state index contributed by atoms with van der Waals surface area (Å²) in [6.07, 6.45) is 1.36. The van der Waals surface area contributed by atoms with E-state index in [2.05, 4.69) is 19.2 Å². The van der Waals surface area contributed by atoms with Crippen molar-refractivity contribution in [3.8, 4) is 11.5 Å². The number of benzene rings is 1. The highest BCUT2D eigenvalue weighted by molar-refractivity contribution is 5.41. The van der Waals surface area contributed by atoms with Gasteiger partial charge in [-0.2, -0.15) is 0 Å². The van der Waals surface area contributed by atoms with Crippen LogP contribution in [0.5, 0.6) is 11.5 Å². The number of ether oxygens (including phenoxy) is 2. The van der Waals surface area contributed by atoms with Gasteiger partial charge in [0.05, 0.1) is 13.2 Å². The van der Waals surface area contributed by atoms with Gasteiger partial charge in [-0.1, -0.05) is 19.9 Å². The van der Waals surface area contributed by atoms with Gasteiger partial charge in [-0.15, -0.1) is 0 Å². The van der Waals surface area contributed by atoms with Crippen molar-refractivity contribution in [3.63, 3.8) is 0 Å². The second kappa shape index (κ2) is 5.39. The quantitative estimate of drug-likeness (QED) is 0.857. The fraction of sp³-hybridized carbons (Fsp3) is 0.600. The lowest BCUT2D eigenvalue weighted by Gasteiger charge is -2.51. The van der Waals surface area contributed by atoms with E-state index in [1.165, 1.54) is 0 Å². The minimum absolute atomic E-state index is 0.156. The molecule has 1 aliphatic rings. The van der Waals surface area contributed by atoms with E-state index in [-0.39, 0.29) is 11.2 Å². The summed E-state index contributed by atoms with van der Waals surface area (Å²) >= 11 is 0. The van der Waals surface area contributed by atoms with Crippen LogP contribution in [-0.4, -0.2) is 31.5 Å². The maximum absolute atomic E-state index is 9.74. The minimum atomic E-state index is 0.156. The number of nitrogens with one attached hydrogen (secondary N) is 1. The van der Waals surface area contributed by atoms with Gasteiger partial charge in [0.2, 0.25) is 0 Å². The van der Waals surface area contributed by atoms with E-state index in [1.54, 1.807) is 26.4 Å². The number of phenols is 1. The third-order valence-electron chi connectivity index (χ3n) is 4.26. The highest BCUT2D eigenvalue weighted by Gasteiger charge is 2.48. The lowest BCUT2D eigenvalue weighted by atomic mass is 9.64. The van der Waals surface area contributed by atoms with E-state index in [0.717, 1.165) is 18.5 Å². The molecule has 1 aliphatic carbocycles. The molecule has 0 radical (unpaired) electrons. The Kier molecular flexibility index (Phi) is 4.02. The molecule has 0 aliphatic heterocycles. The van der Waals surface area contributed by atoms with Crippen LogP contribution in [0.1, 0.15) is 25.8 Å². The molecule has 106 valence electrons. The number of phenolic OH excluding ortho intramolecular Hbond substituents is 1. The maximum Gasteiger partial charge on any atom is 0.160 e. The predicted octanol–water partition coefficient (Wildman–Crippen LogP) is 2.30. The van der Waals surface area contributed by atoms with Crippen molar-refractivity contribution in [2.45, 2.75) is 39.0 Å². The normalized spacial score (nSPS) is 24.8. The highest BCUT2D eigenvalue weighted by Crippen LogP contribution is 2.42. The van der Waals surface area contributed by atoms with Crippen molar-refractivity contribution in [1.82, 2.24) is 5.32 Å². The molecule has 0 spiro atoms. The molecule has 0 saturated heterocycles. The molecule has 0 heterocycles. The highest BCUT2D eigenvalue weighted by atomic mass is 16.5. The molecular formula is C15H23NO3. The molecule has 0 aromatic heterocycles. The Morgan fingerprint density at radius 1 is 1.37 bits per heavy atom. The monoisotopic (exact) mass is 265 g/mol. The lowest BCUT2D eigenvalue weighted by molar-refractivity contribution is -0.0979. The van der Waals surface area contributed by atoms with Gasteiger partial charge in [0.15, 0.2) is 11.5 Å². The van der Waals surface area contributed by atoms with Crippen molar-refractivity contribution >= 4 is 0 Å². The zero-order valence-electron chi connectivity index (χ0n) is 12.1. The van der Waals surface area contributed by atoms with Crippen LogP contribution in [0.3, 0.4) is 0 Å². The van der Waals surface area contributed by atoms with Crippen molar-refractivity contribution in [2.75, 3.05) is 14.2 Å². The molecule has 0 amide bonds. The first kappa shape index (κ1) is 14.2. The largest absolute Gasteiger partial charge is 0.504 e. The third kappa shape index (κ3) is 2.69. The van der Waals surface area contributed by atoms with E-state index in [9.17, 15) is 5.11 Å². The Morgan fingerprint density at radius 3 is 2.63 bits per heavy atom. The third-order valence-corrected chi connectivity index (χ3v) is 4.26. The molecule has 0 bridgehead atoms. The molecule has 4 nitrogen and oxygen atoms in total. The van der Waals surface area contributed by atoms with Crippen molar-refractivity contribution in [1.29, 1.82) is 0 Å². The number of aromatic hydroxyl groups is 1. The molecular weight excluding hydrogens is 242 g/mol. The summed E-state index contributed by atoms with van der Waals surface area (Å²) in [5.41, 5.74) is 1.21. The fourth-order valence-corrected chi connectivity index (χ4v) is 2.72. The molecule has 4 heteroatoms. The first-order valence-electron chi connectivity index (χ1n) is 6.61. The first-order valence-corrected chi connectivity index (χ1v) is 6.61. The summed E-state index contributed by atoms with van der Waals surface area (Å²) in [4.78, 5) is 0. The number of rotatable bonds is 5. The van der Waals surface area contributed by atoms with Crippen molar-refractivity contribution in [2.24, 2.45) is 5.41 Å². The Balaban J connectivity index is 1.92. The maximum atomic E-state index is 9.74. The Hall–Kier alpha value is -1.26. The topological polar surface area (TPSA) is 50.7 Å². The molecule has 2 rings (SSSR count). The summed E-state index contributed by atoms with van der Waals surface area (Å²) < 4.78 is 10.5. The second-order valence-electron chi connectivity index (χ2n) is 5.72. The fourth-order valence-electron chi connectivity index (χ4n) is 2.72. The van der Waals surface area contributed by atoms with E-state index >= 15 is 0 Å². The lowest BCUT2D eigenvalue weighted by Crippen LogP contribution is -2.60. The van der Waals surface area contributed by atoms with E-state index < -0.39 is 0 Å². The summed E-state index contributed by atoms with van der Waals surface area (Å²) in [7, 11) is 3.32. The van der Waals surface area contributed by atoms with Crippen LogP contribution < -0.4 is 10.1 Å². The van der Waals surface area contributed by atoms with Crippen LogP contribution in [0.4, 0.5) is 0 Å². The van der Waals surface area contributed by atoms with Crippen LogP contribution in [-0.2, 0) is 11.3 Å². The first-order chi connectivity index (χ1) is 8.98. The molecule has 2 N–H and O–H groups in total. The SMILES string of the molecule is COc1ccc(CNC2CC(OC)C2(C)C)cc1O. The van der Waals surface area contributed by atoms with E-state index in [4.69, 9.17) is 9.47 Å². The second-order valence-corrected chi connectivity index (χ2v) is 5.72. The zero-order chi connectivity index (χ0) is 14.0. The summed E-state index contributed by atoms with van der Waals surface area (Å²) in [5.74, 6) is 0.691. The van der Waals surface area contributed by atoms with Crippen molar-refractivity contribution in [3.05, 3.63) is 23.8 Å². The zero-order valence-corrected chi connectivity index (χ0v) is 12.1. The number of hydrogen-bond acceptors (Lipinski definition) is 4. The van der Waals surface area contributed by atoms with Gasteiger partial charge in [0.1, 0.15) is 0 Å². The van der Waals surface area contributed by atoms with Gasteiger partial charge in [0.25, 0.3) is 0 Å². The summed E-state index contributed by atoms with van der Waals surface area (Å²) in [6, 6.07) is 5.94. The summed E-state index contributed by atoms with van der Waals surface area (Å²) in [5, 5.41) is 13.3. The molecule has 2 unspecified atom stereocenters. The molecule has 1 fully saturated rings. The molecule has 1 saturated carbocycles. The van der Waals surface area contributed by atoms with Crippen LogP contribution in [0.25, 0.3) is 0 Å². The van der Waals surface area contributed by atoms with Crippen molar-refractivity contribution < 1.29 is 14.6 Å². The molecule has 1 aromatic carbocycles. The van der Waals surface area contributed by atoms with Gasteiger partial charge in [-0.3, -0.25) is 0 Å². The van der Waals surface area contributed by atoms with Gasteiger partial charge in [0, 0.05) is 25.1 Å². The average Bonchev–Trinajstić information content (AvgIpc) is 2.38. The molecule has 19 heavy (non-hydrogen) atoms. The van der Waals surface area contributed by atoms with Gasteiger partial charge in [-0.05, 0) is 24.1 Å². The van der Waals surface area contributed by atoms with Crippen LogP contribution >= 0.6 is 0 Å². The van der Waals surface area contributed by atoms with Gasteiger partial charge < -0.3 is 19.9 Å². The average molecular weight is 265 g/mol. The molecule has 1 aromatic rings. The van der Waals surface area contributed by atoms with Gasteiger partial charge >= 0.3 is 0 Å². The Morgan fingerprint density at radius 2 is 2.11 bits per heavy atom. The van der Waals surface area contributed by atoms with E-state index in [0.29, 0.717) is 17.9 Å². The minimum Gasteiger partial charge on any atom is -0.504 e. The van der Waals surface area contributed by atoms with Crippen LogP contribution in [0, 0.1) is 5.41 Å². The number of hydrogen-bond donors (Lipinski definition) is 2. The Bertz CT molecular complexity index is 445. The van der Waals surface area contributed by atoms with Crippen LogP contribution in [0.15, 0.2) is 18.2 Å². The predicted molar refractivity (Wildman–Crippen MR) is 74.5 cm³/mol. The summed E-state index contributed by atoms with van der Waals surface area (Å²) in [6.45, 7) is 5.17. The van der Waals surface area contributed by atoms with Gasteiger partial charge in [-0.25, -0.2) is 0 Å². The standard InChI is InChI=1S/C15H23NO3/c1-15(2)13(8-14(15)19-4)16-9-10-5-6-12(18-3)11(17)7-10/h5-7,13-14,16-17H,8-9H2,1-4H3.